The molecule has 2 aromatic carbocycles. The maximum Gasteiger partial charge on any atom is 0.339 e. The third-order valence-corrected chi connectivity index (χ3v) is 5.38. The van der Waals surface area contributed by atoms with Gasteiger partial charge in [-0.2, -0.15) is 4.91 Å². The minimum Gasteiger partial charge on any atom is -0.507 e. The van der Waals surface area contributed by atoms with E-state index in [1.165, 1.54) is 18.2 Å². The summed E-state index contributed by atoms with van der Waals surface area (Å²) in [5.41, 5.74) is 2.14. The molecule has 0 aliphatic carbocycles. The number of aromatic hydroxyl groups is 1. The molecule has 0 heterocycles. The summed E-state index contributed by atoms with van der Waals surface area (Å²) < 4.78 is 5.61. The molecule has 8 heteroatoms. The number of benzene rings is 2. The van der Waals surface area contributed by atoms with E-state index in [1.54, 1.807) is 6.07 Å². The molecule has 0 amide bonds. The molecular formula is C23H29ClN2O5. The van der Waals surface area contributed by atoms with Gasteiger partial charge in [0.2, 0.25) is 0 Å². The number of carbonyl (C=O) groups is 1. The van der Waals surface area contributed by atoms with Gasteiger partial charge in [-0.25, -0.2) is 4.79 Å². The van der Waals surface area contributed by atoms with Crippen LogP contribution in [0.2, 0.25) is 5.02 Å². The van der Waals surface area contributed by atoms with Crippen LogP contribution in [0.4, 0.5) is 5.69 Å². The fourth-order valence-electron chi connectivity index (χ4n) is 3.39. The van der Waals surface area contributed by atoms with E-state index in [0.717, 1.165) is 24.3 Å². The number of hydrogen-bond acceptors (Lipinski definition) is 6. The topological polar surface area (TPSA) is 99.4 Å². The average Bonchev–Trinajstić information content (AvgIpc) is 2.69. The Morgan fingerprint density at radius 3 is 2.32 bits per heavy atom. The third kappa shape index (κ3) is 5.67. The quantitative estimate of drug-likeness (QED) is 0.472. The lowest BCUT2D eigenvalue weighted by molar-refractivity contribution is 0.0693. The molecule has 1 atom stereocenters. The first-order valence-corrected chi connectivity index (χ1v) is 10.5. The van der Waals surface area contributed by atoms with E-state index >= 15 is 0 Å². The fourth-order valence-corrected chi connectivity index (χ4v) is 3.74. The Bertz CT molecular complexity index is 952. The SMILES string of the molecule is CCN(CC)c1c(Cl)cc(C(COc2ccc(C(=O)O)c(O)c2)N=O)cc1C(C)(C)C. The summed E-state index contributed by atoms with van der Waals surface area (Å²) in [5, 5.41) is 22.6. The molecule has 2 N–H and O–H groups in total. The molecule has 0 radical (unpaired) electrons. The molecule has 2 rings (SSSR count). The van der Waals surface area contributed by atoms with Crippen molar-refractivity contribution in [1.29, 1.82) is 0 Å². The number of ether oxygens (including phenoxy) is 1. The number of phenols is 1. The first kappa shape index (κ1) is 24.5. The predicted octanol–water partition coefficient (Wildman–Crippen LogP) is 5.77. The molecule has 31 heavy (non-hydrogen) atoms. The fraction of sp³-hybridized carbons (Fsp3) is 0.435. The molecule has 0 aromatic heterocycles. The van der Waals surface area contributed by atoms with Crippen LogP contribution >= 0.6 is 11.6 Å². The molecule has 2 aromatic rings. The Labute approximate surface area is 187 Å². The van der Waals surface area contributed by atoms with Crippen molar-refractivity contribution in [2.45, 2.75) is 46.1 Å². The maximum absolute atomic E-state index is 11.6. The van der Waals surface area contributed by atoms with E-state index in [1.807, 2.05) is 6.07 Å². The van der Waals surface area contributed by atoms with Crippen LogP contribution in [-0.2, 0) is 5.41 Å². The number of carboxylic acids is 1. The Morgan fingerprint density at radius 1 is 1.19 bits per heavy atom. The van der Waals surface area contributed by atoms with Gasteiger partial charge in [-0.1, -0.05) is 43.6 Å². The number of anilines is 1. The number of rotatable bonds is 9. The molecule has 0 aliphatic heterocycles. The summed E-state index contributed by atoms with van der Waals surface area (Å²) in [6.07, 6.45) is 0. The van der Waals surface area contributed by atoms with E-state index in [9.17, 15) is 14.8 Å². The molecule has 0 saturated carbocycles. The lowest BCUT2D eigenvalue weighted by Gasteiger charge is -2.32. The van der Waals surface area contributed by atoms with E-state index in [-0.39, 0.29) is 23.3 Å². The second kappa shape index (κ2) is 10.0. The molecule has 0 fully saturated rings. The largest absolute Gasteiger partial charge is 0.507 e. The summed E-state index contributed by atoms with van der Waals surface area (Å²) in [6.45, 7) is 11.9. The zero-order valence-electron chi connectivity index (χ0n) is 18.5. The summed E-state index contributed by atoms with van der Waals surface area (Å²) in [7, 11) is 0. The van der Waals surface area contributed by atoms with Crippen LogP contribution in [0, 0.1) is 4.91 Å². The maximum atomic E-state index is 11.6. The van der Waals surface area contributed by atoms with Gasteiger partial charge in [-0.3, -0.25) is 0 Å². The van der Waals surface area contributed by atoms with E-state index in [2.05, 4.69) is 44.7 Å². The highest BCUT2D eigenvalue weighted by Gasteiger charge is 2.26. The lowest BCUT2D eigenvalue weighted by atomic mass is 9.83. The van der Waals surface area contributed by atoms with Gasteiger partial charge >= 0.3 is 5.97 Å². The second-order valence-electron chi connectivity index (χ2n) is 8.24. The van der Waals surface area contributed by atoms with Crippen LogP contribution in [-0.4, -0.2) is 35.9 Å². The normalized spacial score (nSPS) is 12.3. The number of aromatic carboxylic acids is 1. The van der Waals surface area contributed by atoms with Crippen LogP contribution in [0.1, 0.15) is 62.1 Å². The van der Waals surface area contributed by atoms with E-state index in [4.69, 9.17) is 21.4 Å². The van der Waals surface area contributed by atoms with Crippen molar-refractivity contribution in [2.24, 2.45) is 5.18 Å². The number of hydrogen-bond donors (Lipinski definition) is 2. The molecule has 0 bridgehead atoms. The smallest absolute Gasteiger partial charge is 0.339 e. The van der Waals surface area contributed by atoms with Gasteiger partial charge in [0, 0.05) is 19.2 Å². The van der Waals surface area contributed by atoms with Crippen molar-refractivity contribution < 1.29 is 19.7 Å². The molecule has 168 valence electrons. The van der Waals surface area contributed by atoms with E-state index < -0.39 is 17.8 Å². The van der Waals surface area contributed by atoms with Gasteiger partial charge in [0.05, 0.1) is 10.7 Å². The Hall–Kier alpha value is -2.80. The molecular weight excluding hydrogens is 420 g/mol. The van der Waals surface area contributed by atoms with Crippen molar-refractivity contribution in [2.75, 3.05) is 24.6 Å². The summed E-state index contributed by atoms with van der Waals surface area (Å²) in [5.74, 6) is -1.42. The van der Waals surface area contributed by atoms with Crippen LogP contribution < -0.4 is 9.64 Å². The predicted molar refractivity (Wildman–Crippen MR) is 123 cm³/mol. The summed E-state index contributed by atoms with van der Waals surface area (Å²) in [6, 6.07) is 6.71. The Balaban J connectivity index is 2.37. The minimum atomic E-state index is -1.24. The average molecular weight is 449 g/mol. The lowest BCUT2D eigenvalue weighted by Crippen LogP contribution is -2.27. The molecule has 7 nitrogen and oxygen atoms in total. The highest BCUT2D eigenvalue weighted by Crippen LogP contribution is 2.40. The van der Waals surface area contributed by atoms with Crippen molar-refractivity contribution in [3.8, 4) is 11.5 Å². The van der Waals surface area contributed by atoms with Gasteiger partial charge in [0.15, 0.2) is 6.04 Å². The monoisotopic (exact) mass is 448 g/mol. The summed E-state index contributed by atoms with van der Waals surface area (Å²) in [4.78, 5) is 24.8. The van der Waals surface area contributed by atoms with Gasteiger partial charge in [0.1, 0.15) is 23.7 Å². The highest BCUT2D eigenvalue weighted by molar-refractivity contribution is 6.33. The molecule has 0 spiro atoms. The second-order valence-corrected chi connectivity index (χ2v) is 8.64. The van der Waals surface area contributed by atoms with Crippen LogP contribution in [0.15, 0.2) is 35.5 Å². The zero-order chi connectivity index (χ0) is 23.3. The van der Waals surface area contributed by atoms with E-state index in [0.29, 0.717) is 10.6 Å². The van der Waals surface area contributed by atoms with Crippen LogP contribution in [0.5, 0.6) is 11.5 Å². The molecule has 0 aliphatic rings. The van der Waals surface area contributed by atoms with Crippen molar-refractivity contribution in [3.63, 3.8) is 0 Å². The van der Waals surface area contributed by atoms with Crippen LogP contribution in [0.3, 0.4) is 0 Å². The molecule has 1 unspecified atom stereocenters. The summed E-state index contributed by atoms with van der Waals surface area (Å²) >= 11 is 6.66. The minimum absolute atomic E-state index is 0.0834. The zero-order valence-corrected chi connectivity index (χ0v) is 19.2. The van der Waals surface area contributed by atoms with Gasteiger partial charge < -0.3 is 19.8 Å². The van der Waals surface area contributed by atoms with Gasteiger partial charge in [-0.15, -0.1) is 0 Å². The molecule has 0 saturated heterocycles. The van der Waals surface area contributed by atoms with Crippen molar-refractivity contribution in [3.05, 3.63) is 57.0 Å². The first-order chi connectivity index (χ1) is 14.5. The number of carboxylic acid groups (broad SMARTS) is 1. The number of nitroso groups, excluding NO2 is 1. The van der Waals surface area contributed by atoms with Gasteiger partial charge in [-0.05, 0) is 48.6 Å². The Morgan fingerprint density at radius 2 is 1.84 bits per heavy atom. The first-order valence-electron chi connectivity index (χ1n) is 10.1. The third-order valence-electron chi connectivity index (χ3n) is 5.09. The standard InChI is InChI=1S/C23H29ClN2O5/c1-6-26(7-2)21-17(23(3,4)5)10-14(11-18(21)24)19(25-30)13-31-15-8-9-16(22(28)29)20(27)12-15/h8-12,19,27H,6-7,13H2,1-5H3,(H,28,29). The van der Waals surface area contributed by atoms with Crippen LogP contribution in [0.25, 0.3) is 0 Å². The van der Waals surface area contributed by atoms with Crippen molar-refractivity contribution >= 4 is 23.3 Å². The number of halogens is 1. The van der Waals surface area contributed by atoms with Crippen molar-refractivity contribution in [1.82, 2.24) is 0 Å². The Kier molecular flexibility index (Phi) is 7.90. The number of nitrogens with zero attached hydrogens (tertiary/aromatic N) is 2. The highest BCUT2D eigenvalue weighted by atomic mass is 35.5. The van der Waals surface area contributed by atoms with Gasteiger partial charge in [0.25, 0.3) is 0 Å².